The van der Waals surface area contributed by atoms with Crippen molar-refractivity contribution in [2.45, 2.75) is 344 Å². The number of nitrogens with one attached hydrogen (secondary N) is 1. The maximum absolute atomic E-state index is 13.3. The fourth-order valence-corrected chi connectivity index (χ4v) is 10.8. The largest absolute Gasteiger partial charge is 0.394 e. The van der Waals surface area contributed by atoms with Gasteiger partial charge in [-0.1, -0.05) is 254 Å². The standard InChI is InChI=1S/C68H123NO13/c1-3-5-7-9-11-13-15-17-19-21-23-25-27-28-30-31-33-35-37-39-41-43-45-47-49-51-57(72)56(55-79-67-65(78)63(76)66(59(54-71)81-67)82-68-64(77)62(75)61(74)58(53-70)80-68)69-60(73)52-50-48-46-44-42-40-38-36-34-32-29-26-24-22-20-18-16-14-12-10-8-6-4-2/h16,18,22,24,29,32,41,43,49,51,56-59,61-68,70-72,74-78H,3-15,17,19-21,23,25-28,30-31,33-40,42,44-48,50,52-55H2,1-2H3,(H,69,73)/b18-16-,24-22-,32-29-,43-41+,51-49+. The van der Waals surface area contributed by atoms with Gasteiger partial charge in [0.1, 0.15) is 48.8 Å². The average molecular weight is 1160 g/mol. The smallest absolute Gasteiger partial charge is 0.220 e. The summed E-state index contributed by atoms with van der Waals surface area (Å²) >= 11 is 0. The third-order valence-electron chi connectivity index (χ3n) is 16.2. The highest BCUT2D eigenvalue weighted by molar-refractivity contribution is 5.76. The lowest BCUT2D eigenvalue weighted by Gasteiger charge is -2.46. The van der Waals surface area contributed by atoms with Crippen LogP contribution in [-0.2, 0) is 23.7 Å². The Kier molecular flexibility index (Phi) is 49.0. The van der Waals surface area contributed by atoms with Crippen molar-refractivity contribution in [2.75, 3.05) is 19.8 Å². The van der Waals surface area contributed by atoms with E-state index in [1.807, 2.05) is 6.08 Å². The second-order valence-electron chi connectivity index (χ2n) is 23.6. The number of aliphatic hydroxyl groups is 8. The van der Waals surface area contributed by atoms with E-state index in [0.717, 1.165) is 51.4 Å². The van der Waals surface area contributed by atoms with E-state index in [2.05, 4.69) is 67.8 Å². The molecule has 2 saturated heterocycles. The molecule has 14 heteroatoms. The topological polar surface area (TPSA) is 228 Å². The molecule has 1 amide bonds. The van der Waals surface area contributed by atoms with Gasteiger partial charge in [0.25, 0.3) is 0 Å². The lowest BCUT2D eigenvalue weighted by atomic mass is 9.97. The highest BCUT2D eigenvalue weighted by Crippen LogP contribution is 2.30. The third kappa shape index (κ3) is 37.3. The first-order valence-electron chi connectivity index (χ1n) is 33.5. The minimum absolute atomic E-state index is 0.256. The molecule has 82 heavy (non-hydrogen) atoms. The summed E-state index contributed by atoms with van der Waals surface area (Å²) in [5.41, 5.74) is 0. The van der Waals surface area contributed by atoms with E-state index in [9.17, 15) is 45.6 Å². The van der Waals surface area contributed by atoms with Crippen molar-refractivity contribution in [3.63, 3.8) is 0 Å². The summed E-state index contributed by atoms with van der Waals surface area (Å²) in [5.74, 6) is -0.256. The van der Waals surface area contributed by atoms with Crippen molar-refractivity contribution < 1.29 is 64.6 Å². The van der Waals surface area contributed by atoms with Gasteiger partial charge in [-0.15, -0.1) is 0 Å². The summed E-state index contributed by atoms with van der Waals surface area (Å²) in [6.45, 7) is 2.79. The second kappa shape index (κ2) is 53.0. The number of carbonyl (C=O) groups excluding carboxylic acids is 1. The maximum Gasteiger partial charge on any atom is 0.220 e. The van der Waals surface area contributed by atoms with Crippen LogP contribution in [0.2, 0.25) is 0 Å². The van der Waals surface area contributed by atoms with Crippen LogP contribution in [0.4, 0.5) is 0 Å². The van der Waals surface area contributed by atoms with Gasteiger partial charge in [-0.3, -0.25) is 4.79 Å². The number of allylic oxidation sites excluding steroid dienone is 9. The summed E-state index contributed by atoms with van der Waals surface area (Å²) in [5, 5.41) is 87.3. The fourth-order valence-electron chi connectivity index (χ4n) is 10.8. The zero-order chi connectivity index (χ0) is 59.5. The third-order valence-corrected chi connectivity index (χ3v) is 16.2. The Hall–Kier alpha value is -2.31. The number of rotatable bonds is 54. The van der Waals surface area contributed by atoms with E-state index in [1.54, 1.807) is 6.08 Å². The first-order chi connectivity index (χ1) is 40.1. The van der Waals surface area contributed by atoms with Gasteiger partial charge in [0, 0.05) is 6.42 Å². The van der Waals surface area contributed by atoms with Gasteiger partial charge in [0.15, 0.2) is 12.6 Å². The monoisotopic (exact) mass is 1160 g/mol. The molecule has 0 bridgehead atoms. The molecular weight excluding hydrogens is 1040 g/mol. The number of hydrogen-bond acceptors (Lipinski definition) is 13. The zero-order valence-corrected chi connectivity index (χ0v) is 51.7. The molecular formula is C68H123NO13. The molecule has 2 aliphatic heterocycles. The van der Waals surface area contributed by atoms with Crippen molar-refractivity contribution >= 4 is 5.91 Å². The van der Waals surface area contributed by atoms with Gasteiger partial charge in [0.05, 0.1) is 32.0 Å². The Morgan fingerprint density at radius 1 is 0.439 bits per heavy atom. The van der Waals surface area contributed by atoms with E-state index >= 15 is 0 Å². The van der Waals surface area contributed by atoms with Crippen LogP contribution in [-0.4, -0.2) is 140 Å². The Labute approximate surface area is 498 Å². The van der Waals surface area contributed by atoms with Crippen LogP contribution in [0.1, 0.15) is 271 Å². The van der Waals surface area contributed by atoms with Crippen molar-refractivity contribution in [3.8, 4) is 0 Å². The molecule has 478 valence electrons. The molecule has 2 fully saturated rings. The molecule has 0 radical (unpaired) electrons. The maximum atomic E-state index is 13.3. The van der Waals surface area contributed by atoms with Gasteiger partial charge in [-0.2, -0.15) is 0 Å². The number of aliphatic hydroxyl groups excluding tert-OH is 8. The average Bonchev–Trinajstić information content (AvgIpc) is 3.53. The van der Waals surface area contributed by atoms with Crippen LogP contribution >= 0.6 is 0 Å². The Bertz CT molecular complexity index is 1610. The molecule has 0 saturated carbocycles. The van der Waals surface area contributed by atoms with Crippen LogP contribution in [0, 0.1) is 0 Å². The SMILES string of the molecule is CCCCCCC/C=C\C/C=C\C/C=C\CCCCCCCCCCC(=O)NC(COC1OC(CO)C(OC2OC(CO)C(O)C(O)C2O)C(O)C1O)C(O)/C=C/CC/C=C/CCCCCCCCCCCCCCCCCCCCC. The van der Waals surface area contributed by atoms with Gasteiger partial charge in [-0.25, -0.2) is 0 Å². The van der Waals surface area contributed by atoms with Crippen molar-refractivity contribution in [1.82, 2.24) is 5.32 Å². The molecule has 2 rings (SSSR count). The number of unbranched alkanes of at least 4 members (excludes halogenated alkanes) is 33. The van der Waals surface area contributed by atoms with Gasteiger partial charge < -0.3 is 65.1 Å². The van der Waals surface area contributed by atoms with Crippen molar-refractivity contribution in [2.24, 2.45) is 0 Å². The van der Waals surface area contributed by atoms with Crippen LogP contribution in [0.5, 0.6) is 0 Å². The minimum Gasteiger partial charge on any atom is -0.394 e. The number of hydrogen-bond donors (Lipinski definition) is 9. The van der Waals surface area contributed by atoms with Crippen LogP contribution in [0.15, 0.2) is 60.8 Å². The number of carbonyl (C=O) groups is 1. The van der Waals surface area contributed by atoms with Crippen LogP contribution in [0.25, 0.3) is 0 Å². The highest BCUT2D eigenvalue weighted by atomic mass is 16.7. The van der Waals surface area contributed by atoms with Crippen molar-refractivity contribution in [3.05, 3.63) is 60.8 Å². The van der Waals surface area contributed by atoms with E-state index in [4.69, 9.17) is 18.9 Å². The number of amides is 1. The molecule has 0 aromatic heterocycles. The molecule has 0 spiro atoms. The Morgan fingerprint density at radius 3 is 1.28 bits per heavy atom. The van der Waals surface area contributed by atoms with Gasteiger partial charge in [-0.05, 0) is 70.6 Å². The quantitative estimate of drug-likeness (QED) is 0.0204. The van der Waals surface area contributed by atoms with Crippen LogP contribution < -0.4 is 5.32 Å². The normalized spacial score (nSPS) is 24.3. The number of ether oxygens (including phenoxy) is 4. The second-order valence-corrected chi connectivity index (χ2v) is 23.6. The minimum atomic E-state index is -1.79. The van der Waals surface area contributed by atoms with E-state index in [-0.39, 0.29) is 18.9 Å². The lowest BCUT2D eigenvalue weighted by Crippen LogP contribution is -2.65. The fraction of sp³-hybridized carbons (Fsp3) is 0.838. The van der Waals surface area contributed by atoms with Gasteiger partial charge in [0.2, 0.25) is 5.91 Å². The Balaban J connectivity index is 1.74. The summed E-state index contributed by atoms with van der Waals surface area (Å²) < 4.78 is 22.8. The van der Waals surface area contributed by atoms with Crippen molar-refractivity contribution in [1.29, 1.82) is 0 Å². The predicted octanol–water partition coefficient (Wildman–Crippen LogP) is 12.9. The van der Waals surface area contributed by atoms with E-state index in [1.165, 1.54) is 186 Å². The molecule has 2 heterocycles. The molecule has 14 nitrogen and oxygen atoms in total. The summed E-state index contributed by atoms with van der Waals surface area (Å²) in [4.78, 5) is 13.3. The first kappa shape index (κ1) is 75.8. The zero-order valence-electron chi connectivity index (χ0n) is 51.7. The molecule has 2 aliphatic rings. The Morgan fingerprint density at radius 2 is 0.817 bits per heavy atom. The van der Waals surface area contributed by atoms with Crippen LogP contribution in [0.3, 0.4) is 0 Å². The van der Waals surface area contributed by atoms with Gasteiger partial charge >= 0.3 is 0 Å². The van der Waals surface area contributed by atoms with E-state index < -0.39 is 86.8 Å². The first-order valence-corrected chi connectivity index (χ1v) is 33.5. The molecule has 0 aliphatic carbocycles. The molecule has 0 aromatic carbocycles. The summed E-state index contributed by atoms with van der Waals surface area (Å²) in [6, 6.07) is -0.939. The molecule has 9 N–H and O–H groups in total. The summed E-state index contributed by atoms with van der Waals surface area (Å²) in [6.07, 6.45) is 52.6. The summed E-state index contributed by atoms with van der Waals surface area (Å²) in [7, 11) is 0. The highest BCUT2D eigenvalue weighted by Gasteiger charge is 2.51. The predicted molar refractivity (Wildman–Crippen MR) is 332 cm³/mol. The molecule has 12 unspecified atom stereocenters. The molecule has 12 atom stereocenters. The lowest BCUT2D eigenvalue weighted by molar-refractivity contribution is -0.359. The molecule has 0 aromatic rings. The van der Waals surface area contributed by atoms with E-state index in [0.29, 0.717) is 12.8 Å².